The van der Waals surface area contributed by atoms with Crippen molar-refractivity contribution in [2.24, 2.45) is 0 Å². The van der Waals surface area contributed by atoms with Gasteiger partial charge in [-0.25, -0.2) is 0 Å². The zero-order valence-electron chi connectivity index (χ0n) is 20.0. The van der Waals surface area contributed by atoms with Crippen LogP contribution in [0.3, 0.4) is 0 Å². The molecule has 1 unspecified atom stereocenters. The molecule has 0 bridgehead atoms. The molecule has 1 N–H and O–H groups in total. The molecule has 0 aliphatic carbocycles. The molecule has 2 amide bonds. The van der Waals surface area contributed by atoms with Gasteiger partial charge in [-0.15, -0.1) is 11.8 Å². The van der Waals surface area contributed by atoms with E-state index < -0.39 is 0 Å². The molecule has 1 atom stereocenters. The Labute approximate surface area is 205 Å². The van der Waals surface area contributed by atoms with Gasteiger partial charge in [-0.3, -0.25) is 14.5 Å². The number of carbonyl (C=O) groups is 2. The number of nitrogens with zero attached hydrogens (tertiary/aromatic N) is 1. The van der Waals surface area contributed by atoms with E-state index in [1.807, 2.05) is 79.7 Å². The van der Waals surface area contributed by atoms with Crippen molar-refractivity contribution in [3.8, 4) is 5.75 Å². The highest BCUT2D eigenvalue weighted by molar-refractivity contribution is 8.00. The normalized spacial score (nSPS) is 15.9. The standard InChI is InChI=1S/C28H30N2O3S/c1-5-33-24-9-7-6-8-23(24)30-25(31)18-34-27(30)20-12-16-22(17-13-20)29-26(32)19-10-14-21(15-11-19)28(2,3)4/h6-17,27H,5,18H2,1-4H3,(H,29,32). The Bertz CT molecular complexity index is 1170. The molecule has 1 heterocycles. The fourth-order valence-corrected chi connectivity index (χ4v) is 5.09. The quantitative estimate of drug-likeness (QED) is 0.448. The van der Waals surface area contributed by atoms with E-state index >= 15 is 0 Å². The van der Waals surface area contributed by atoms with Crippen LogP contribution in [0.1, 0.15) is 54.6 Å². The van der Waals surface area contributed by atoms with Crippen molar-refractivity contribution in [3.63, 3.8) is 0 Å². The second kappa shape index (κ2) is 9.94. The summed E-state index contributed by atoms with van der Waals surface area (Å²) in [6.07, 6.45) is 0. The number of anilines is 2. The SMILES string of the molecule is CCOc1ccccc1N1C(=O)CSC1c1ccc(NC(=O)c2ccc(C(C)(C)C)cc2)cc1. The minimum absolute atomic E-state index is 0.0432. The van der Waals surface area contributed by atoms with Crippen LogP contribution in [-0.4, -0.2) is 24.2 Å². The number of nitrogens with one attached hydrogen (secondary N) is 1. The summed E-state index contributed by atoms with van der Waals surface area (Å²) >= 11 is 1.59. The number of carbonyl (C=O) groups excluding carboxylic acids is 2. The second-order valence-corrected chi connectivity index (χ2v) is 10.3. The van der Waals surface area contributed by atoms with Gasteiger partial charge in [0, 0.05) is 11.3 Å². The van der Waals surface area contributed by atoms with Crippen molar-refractivity contribution >= 4 is 35.0 Å². The Kier molecular flexibility index (Phi) is 6.98. The monoisotopic (exact) mass is 474 g/mol. The third kappa shape index (κ3) is 5.12. The summed E-state index contributed by atoms with van der Waals surface area (Å²) in [5, 5.41) is 2.82. The summed E-state index contributed by atoms with van der Waals surface area (Å²) < 4.78 is 5.76. The Balaban J connectivity index is 1.50. The highest BCUT2D eigenvalue weighted by Gasteiger charge is 2.35. The summed E-state index contributed by atoms with van der Waals surface area (Å²) in [5.74, 6) is 1.02. The Morgan fingerprint density at radius 3 is 2.35 bits per heavy atom. The number of hydrogen-bond acceptors (Lipinski definition) is 4. The predicted molar refractivity (Wildman–Crippen MR) is 140 cm³/mol. The van der Waals surface area contributed by atoms with Crippen LogP contribution in [-0.2, 0) is 10.2 Å². The molecule has 0 radical (unpaired) electrons. The average Bonchev–Trinajstić information content (AvgIpc) is 3.21. The third-order valence-corrected chi connectivity index (χ3v) is 6.97. The average molecular weight is 475 g/mol. The van der Waals surface area contributed by atoms with Gasteiger partial charge in [0.2, 0.25) is 5.91 Å². The first-order valence-electron chi connectivity index (χ1n) is 11.5. The molecule has 1 aliphatic rings. The molecular formula is C28H30N2O3S. The molecule has 176 valence electrons. The molecule has 1 saturated heterocycles. The van der Waals surface area contributed by atoms with E-state index in [1.54, 1.807) is 16.7 Å². The lowest BCUT2D eigenvalue weighted by Gasteiger charge is -2.26. The lowest BCUT2D eigenvalue weighted by Crippen LogP contribution is -2.28. The molecule has 1 fully saturated rings. The van der Waals surface area contributed by atoms with Gasteiger partial charge in [-0.05, 0) is 59.9 Å². The van der Waals surface area contributed by atoms with Crippen LogP contribution in [0.15, 0.2) is 72.8 Å². The first kappa shape index (κ1) is 23.9. The zero-order chi connectivity index (χ0) is 24.3. The number of benzene rings is 3. The number of ether oxygens (including phenoxy) is 1. The van der Waals surface area contributed by atoms with Crippen molar-refractivity contribution in [2.75, 3.05) is 22.6 Å². The lowest BCUT2D eigenvalue weighted by molar-refractivity contribution is -0.115. The molecular weight excluding hydrogens is 444 g/mol. The number of amides is 2. The van der Waals surface area contributed by atoms with Crippen LogP contribution in [0.2, 0.25) is 0 Å². The van der Waals surface area contributed by atoms with Crippen molar-refractivity contribution in [2.45, 2.75) is 38.5 Å². The van der Waals surface area contributed by atoms with Crippen molar-refractivity contribution in [1.29, 1.82) is 0 Å². The van der Waals surface area contributed by atoms with Gasteiger partial charge in [-0.1, -0.05) is 57.2 Å². The van der Waals surface area contributed by atoms with E-state index in [0.29, 0.717) is 29.4 Å². The lowest BCUT2D eigenvalue weighted by atomic mass is 9.87. The molecule has 3 aromatic rings. The molecule has 0 spiro atoms. The minimum Gasteiger partial charge on any atom is -0.492 e. The van der Waals surface area contributed by atoms with E-state index in [4.69, 9.17) is 4.74 Å². The molecule has 34 heavy (non-hydrogen) atoms. The maximum absolute atomic E-state index is 12.8. The number of hydrogen-bond donors (Lipinski definition) is 1. The van der Waals surface area contributed by atoms with E-state index in [1.165, 1.54) is 5.56 Å². The zero-order valence-corrected chi connectivity index (χ0v) is 20.8. The molecule has 6 heteroatoms. The molecule has 4 rings (SSSR count). The maximum atomic E-state index is 12.8. The Morgan fingerprint density at radius 2 is 1.71 bits per heavy atom. The second-order valence-electron chi connectivity index (χ2n) is 9.23. The highest BCUT2D eigenvalue weighted by atomic mass is 32.2. The third-order valence-electron chi connectivity index (χ3n) is 5.76. The molecule has 3 aromatic carbocycles. The first-order valence-corrected chi connectivity index (χ1v) is 12.5. The molecule has 0 saturated carbocycles. The van der Waals surface area contributed by atoms with Gasteiger partial charge in [0.25, 0.3) is 5.91 Å². The van der Waals surface area contributed by atoms with Gasteiger partial charge in [0.05, 0.1) is 18.0 Å². The maximum Gasteiger partial charge on any atom is 0.255 e. The summed E-state index contributed by atoms with van der Waals surface area (Å²) in [6.45, 7) is 8.91. The fourth-order valence-electron chi connectivity index (χ4n) is 3.92. The molecule has 1 aliphatic heterocycles. The van der Waals surface area contributed by atoms with Gasteiger partial charge in [0.1, 0.15) is 11.1 Å². The summed E-state index contributed by atoms with van der Waals surface area (Å²) in [5.41, 5.74) is 4.33. The molecule has 5 nitrogen and oxygen atoms in total. The minimum atomic E-state index is -0.149. The van der Waals surface area contributed by atoms with Crippen LogP contribution in [0.5, 0.6) is 5.75 Å². The predicted octanol–water partition coefficient (Wildman–Crippen LogP) is 6.41. The topological polar surface area (TPSA) is 58.6 Å². The van der Waals surface area contributed by atoms with Gasteiger partial charge < -0.3 is 10.1 Å². The van der Waals surface area contributed by atoms with Gasteiger partial charge in [-0.2, -0.15) is 0 Å². The van der Waals surface area contributed by atoms with E-state index in [2.05, 4.69) is 26.1 Å². The largest absolute Gasteiger partial charge is 0.492 e. The van der Waals surface area contributed by atoms with Crippen LogP contribution in [0.4, 0.5) is 11.4 Å². The fraction of sp³-hybridized carbons (Fsp3) is 0.286. The Morgan fingerprint density at radius 1 is 1.03 bits per heavy atom. The molecule has 0 aromatic heterocycles. The summed E-state index contributed by atoms with van der Waals surface area (Å²) in [6, 6.07) is 23.0. The van der Waals surface area contributed by atoms with E-state index in [9.17, 15) is 9.59 Å². The summed E-state index contributed by atoms with van der Waals surface area (Å²) in [4.78, 5) is 27.3. The number of para-hydroxylation sites is 2. The van der Waals surface area contributed by atoms with Crippen LogP contribution >= 0.6 is 11.8 Å². The number of thioether (sulfide) groups is 1. The van der Waals surface area contributed by atoms with Crippen LogP contribution in [0, 0.1) is 0 Å². The number of rotatable bonds is 6. The van der Waals surface area contributed by atoms with E-state index in [-0.39, 0.29) is 22.6 Å². The van der Waals surface area contributed by atoms with Crippen LogP contribution < -0.4 is 15.0 Å². The van der Waals surface area contributed by atoms with Crippen LogP contribution in [0.25, 0.3) is 0 Å². The first-order chi connectivity index (χ1) is 16.3. The summed E-state index contributed by atoms with van der Waals surface area (Å²) in [7, 11) is 0. The van der Waals surface area contributed by atoms with Crippen molar-refractivity contribution in [3.05, 3.63) is 89.5 Å². The highest BCUT2D eigenvalue weighted by Crippen LogP contribution is 2.44. The van der Waals surface area contributed by atoms with Crippen molar-refractivity contribution < 1.29 is 14.3 Å². The van der Waals surface area contributed by atoms with Gasteiger partial charge >= 0.3 is 0 Å². The van der Waals surface area contributed by atoms with Crippen molar-refractivity contribution in [1.82, 2.24) is 0 Å². The Hall–Kier alpha value is -3.25. The van der Waals surface area contributed by atoms with Gasteiger partial charge in [0.15, 0.2) is 0 Å². The smallest absolute Gasteiger partial charge is 0.255 e. The van der Waals surface area contributed by atoms with E-state index in [0.717, 1.165) is 11.3 Å².